The Hall–Kier alpha value is -2.75. The molecule has 0 aromatic heterocycles. The van der Waals surface area contributed by atoms with Crippen LogP contribution in [-0.4, -0.2) is 16.6 Å². The topological polar surface area (TPSA) is 58.6 Å². The van der Waals surface area contributed by atoms with Gasteiger partial charge in [0.2, 0.25) is 0 Å². The minimum Gasteiger partial charge on any atom is -0.507 e. The molecule has 2 unspecified atom stereocenters. The third-order valence-electron chi connectivity index (χ3n) is 7.73. The molecule has 1 aliphatic heterocycles. The van der Waals surface area contributed by atoms with E-state index in [2.05, 4.69) is 39.1 Å². The zero-order valence-electron chi connectivity index (χ0n) is 21.5. The van der Waals surface area contributed by atoms with E-state index < -0.39 is 0 Å². The van der Waals surface area contributed by atoms with E-state index in [0.29, 0.717) is 5.56 Å². The number of aromatic hydroxyl groups is 1. The fourth-order valence-electron chi connectivity index (χ4n) is 5.81. The van der Waals surface area contributed by atoms with Crippen molar-refractivity contribution in [3.63, 3.8) is 0 Å². The predicted molar refractivity (Wildman–Crippen MR) is 139 cm³/mol. The molecule has 2 aromatic carbocycles. The third kappa shape index (κ3) is 4.47. The number of benzene rings is 2. The molecular weight excluding hydrogens is 422 g/mol. The Labute approximate surface area is 204 Å². The Morgan fingerprint density at radius 1 is 1.18 bits per heavy atom. The zero-order chi connectivity index (χ0) is 24.6. The minimum absolute atomic E-state index is 0.0453. The van der Waals surface area contributed by atoms with Gasteiger partial charge in [-0.15, -0.1) is 0 Å². The molecule has 2 atom stereocenters. The number of anilines is 1. The summed E-state index contributed by atoms with van der Waals surface area (Å²) in [5.41, 5.74) is 5.86. The lowest BCUT2D eigenvalue weighted by atomic mass is 9.67. The standard InChI is InChI=1S/C30H39NO3/c1-7-8-9-13-21-17-24-26(22-16-18(2)14-15-23(22)30(5,6)34-24)28(32)25(21)29(33)31-27-19(3)11-10-12-20(27)4/h10-12,16-17,22-23,32H,7-9,13-15H2,1-6H3,(H,31,33). The second kappa shape index (κ2) is 9.48. The number of para-hydroxylation sites is 1. The van der Waals surface area contributed by atoms with E-state index in [1.807, 2.05) is 38.1 Å². The van der Waals surface area contributed by atoms with E-state index in [4.69, 9.17) is 4.74 Å². The molecule has 182 valence electrons. The van der Waals surface area contributed by atoms with Gasteiger partial charge in [0.05, 0.1) is 5.56 Å². The minimum atomic E-state index is -0.329. The summed E-state index contributed by atoms with van der Waals surface area (Å²) in [6, 6.07) is 8.01. The van der Waals surface area contributed by atoms with Crippen molar-refractivity contribution in [2.45, 2.75) is 91.6 Å². The second-order valence-corrected chi connectivity index (χ2v) is 10.7. The van der Waals surface area contributed by atoms with Gasteiger partial charge < -0.3 is 15.2 Å². The normalized spacial score (nSPS) is 20.6. The van der Waals surface area contributed by atoms with Gasteiger partial charge in [-0.05, 0) is 83.1 Å². The molecule has 2 N–H and O–H groups in total. The number of phenols is 1. The summed E-state index contributed by atoms with van der Waals surface area (Å²) in [6.45, 7) is 12.6. The van der Waals surface area contributed by atoms with Crippen LogP contribution in [0.3, 0.4) is 0 Å². The zero-order valence-corrected chi connectivity index (χ0v) is 21.5. The van der Waals surface area contributed by atoms with Gasteiger partial charge >= 0.3 is 0 Å². The van der Waals surface area contributed by atoms with Crippen LogP contribution in [0, 0.1) is 19.8 Å². The first-order chi connectivity index (χ1) is 16.1. The van der Waals surface area contributed by atoms with E-state index in [9.17, 15) is 9.90 Å². The molecule has 2 aliphatic rings. The van der Waals surface area contributed by atoms with Crippen molar-refractivity contribution < 1.29 is 14.6 Å². The average molecular weight is 462 g/mol. The summed E-state index contributed by atoms with van der Waals surface area (Å²) in [7, 11) is 0. The molecule has 4 heteroatoms. The number of aryl methyl sites for hydroxylation is 3. The maximum absolute atomic E-state index is 13.7. The molecule has 1 heterocycles. The SMILES string of the molecule is CCCCCc1cc2c(c(O)c1C(=O)Nc1c(C)cccc1C)C1C=C(C)CCC1C(C)(C)O2. The quantitative estimate of drug-likeness (QED) is 0.344. The maximum Gasteiger partial charge on any atom is 0.259 e. The lowest BCUT2D eigenvalue weighted by molar-refractivity contribution is 0.0107. The number of allylic oxidation sites excluding steroid dienone is 2. The van der Waals surface area contributed by atoms with Crippen LogP contribution in [0.25, 0.3) is 0 Å². The number of carbonyl (C=O) groups excluding carboxylic acids is 1. The van der Waals surface area contributed by atoms with Crippen LogP contribution in [0.4, 0.5) is 5.69 Å². The van der Waals surface area contributed by atoms with Gasteiger partial charge in [0.15, 0.2) is 0 Å². The Bertz CT molecular complexity index is 1110. The van der Waals surface area contributed by atoms with Crippen LogP contribution in [-0.2, 0) is 6.42 Å². The first-order valence-electron chi connectivity index (χ1n) is 12.8. The van der Waals surface area contributed by atoms with E-state index in [-0.39, 0.29) is 29.1 Å². The van der Waals surface area contributed by atoms with Crippen molar-refractivity contribution >= 4 is 11.6 Å². The molecule has 0 saturated carbocycles. The smallest absolute Gasteiger partial charge is 0.259 e. The lowest BCUT2D eigenvalue weighted by Crippen LogP contribution is -2.45. The van der Waals surface area contributed by atoms with Crippen LogP contribution in [0.5, 0.6) is 11.5 Å². The molecule has 0 radical (unpaired) electrons. The number of rotatable bonds is 6. The Morgan fingerprint density at radius 3 is 2.56 bits per heavy atom. The summed E-state index contributed by atoms with van der Waals surface area (Å²) < 4.78 is 6.52. The summed E-state index contributed by atoms with van der Waals surface area (Å²) in [5.74, 6) is 0.870. The molecule has 1 aliphatic carbocycles. The molecule has 4 rings (SSSR count). The summed E-state index contributed by atoms with van der Waals surface area (Å²) in [4.78, 5) is 13.7. The van der Waals surface area contributed by atoms with Gasteiger partial charge in [0, 0.05) is 23.1 Å². The number of hydrogen-bond acceptors (Lipinski definition) is 3. The fraction of sp³-hybridized carbons (Fsp3) is 0.500. The van der Waals surface area contributed by atoms with Crippen LogP contribution in [0.2, 0.25) is 0 Å². The van der Waals surface area contributed by atoms with Crippen molar-refractivity contribution in [1.29, 1.82) is 0 Å². The molecule has 0 saturated heterocycles. The van der Waals surface area contributed by atoms with E-state index in [0.717, 1.165) is 72.2 Å². The molecular formula is C30H39NO3. The monoisotopic (exact) mass is 461 g/mol. The van der Waals surface area contributed by atoms with E-state index in [1.165, 1.54) is 5.57 Å². The number of carbonyl (C=O) groups is 1. The van der Waals surface area contributed by atoms with Gasteiger partial charge in [-0.25, -0.2) is 0 Å². The van der Waals surface area contributed by atoms with Crippen LogP contribution in [0.15, 0.2) is 35.9 Å². The molecule has 0 fully saturated rings. The van der Waals surface area contributed by atoms with E-state index in [1.54, 1.807) is 0 Å². The first-order valence-corrected chi connectivity index (χ1v) is 12.8. The van der Waals surface area contributed by atoms with Crippen molar-refractivity contribution in [1.82, 2.24) is 0 Å². The summed E-state index contributed by atoms with van der Waals surface area (Å²) in [6.07, 6.45) is 8.21. The molecule has 0 bridgehead atoms. The Balaban J connectivity index is 1.84. The number of fused-ring (bicyclic) bond motifs is 3. The lowest BCUT2D eigenvalue weighted by Gasteiger charge is -2.46. The Kier molecular flexibility index (Phi) is 6.80. The van der Waals surface area contributed by atoms with Gasteiger partial charge in [-0.1, -0.05) is 49.6 Å². The highest BCUT2D eigenvalue weighted by Gasteiger charge is 2.46. The maximum atomic E-state index is 13.7. The van der Waals surface area contributed by atoms with Crippen molar-refractivity contribution in [2.24, 2.45) is 5.92 Å². The van der Waals surface area contributed by atoms with E-state index >= 15 is 0 Å². The molecule has 34 heavy (non-hydrogen) atoms. The van der Waals surface area contributed by atoms with Gasteiger partial charge in [-0.2, -0.15) is 0 Å². The second-order valence-electron chi connectivity index (χ2n) is 10.7. The molecule has 0 spiro atoms. The summed E-state index contributed by atoms with van der Waals surface area (Å²) >= 11 is 0. The number of unbranched alkanes of at least 4 members (excludes halogenated alkanes) is 2. The van der Waals surface area contributed by atoms with Gasteiger partial charge in [-0.3, -0.25) is 4.79 Å². The summed E-state index contributed by atoms with van der Waals surface area (Å²) in [5, 5.41) is 14.8. The number of ether oxygens (including phenoxy) is 1. The highest BCUT2D eigenvalue weighted by molar-refractivity contribution is 6.08. The highest BCUT2D eigenvalue weighted by Crippen LogP contribution is 2.54. The largest absolute Gasteiger partial charge is 0.507 e. The third-order valence-corrected chi connectivity index (χ3v) is 7.73. The number of nitrogens with one attached hydrogen (secondary N) is 1. The Morgan fingerprint density at radius 2 is 1.88 bits per heavy atom. The highest BCUT2D eigenvalue weighted by atomic mass is 16.5. The van der Waals surface area contributed by atoms with Gasteiger partial charge in [0.1, 0.15) is 17.1 Å². The van der Waals surface area contributed by atoms with Gasteiger partial charge in [0.25, 0.3) is 5.91 Å². The van der Waals surface area contributed by atoms with Crippen molar-refractivity contribution in [3.8, 4) is 11.5 Å². The van der Waals surface area contributed by atoms with Crippen molar-refractivity contribution in [3.05, 3.63) is 63.7 Å². The molecule has 1 amide bonds. The molecule has 4 nitrogen and oxygen atoms in total. The predicted octanol–water partition coefficient (Wildman–Crippen LogP) is 7.60. The van der Waals surface area contributed by atoms with Crippen LogP contribution >= 0.6 is 0 Å². The van der Waals surface area contributed by atoms with Crippen LogP contribution in [0.1, 0.15) is 98.3 Å². The molecule has 2 aromatic rings. The van der Waals surface area contributed by atoms with Crippen LogP contribution < -0.4 is 10.1 Å². The number of amides is 1. The number of phenolic OH excluding ortho intramolecular Hbond substituents is 1. The average Bonchev–Trinajstić information content (AvgIpc) is 2.75. The number of hydrogen-bond donors (Lipinski definition) is 2. The first kappa shape index (κ1) is 24.4. The fourth-order valence-corrected chi connectivity index (χ4v) is 5.81. The van der Waals surface area contributed by atoms with Crippen molar-refractivity contribution in [2.75, 3.05) is 5.32 Å².